The molecule has 1 rings (SSSR count). The van der Waals surface area contributed by atoms with Crippen molar-refractivity contribution < 1.29 is 9.47 Å². The third-order valence-corrected chi connectivity index (χ3v) is 2.14. The van der Waals surface area contributed by atoms with Crippen LogP contribution < -0.4 is 4.74 Å². The fourth-order valence-electron chi connectivity index (χ4n) is 0.805. The van der Waals surface area contributed by atoms with Crippen LogP contribution in [0.1, 0.15) is 6.42 Å². The molecule has 0 atom stereocenters. The molecule has 14 heavy (non-hydrogen) atoms. The summed E-state index contributed by atoms with van der Waals surface area (Å²) in [7, 11) is 1.65. The van der Waals surface area contributed by atoms with E-state index in [9.17, 15) is 0 Å². The van der Waals surface area contributed by atoms with E-state index in [1.54, 1.807) is 13.3 Å². The van der Waals surface area contributed by atoms with Crippen LogP contribution in [-0.4, -0.2) is 30.3 Å². The van der Waals surface area contributed by atoms with Crippen molar-refractivity contribution >= 4 is 27.5 Å². The largest absolute Gasteiger partial charge is 0.477 e. The molecule has 0 aliphatic carbocycles. The van der Waals surface area contributed by atoms with Gasteiger partial charge in [-0.2, -0.15) is 4.98 Å². The summed E-state index contributed by atoms with van der Waals surface area (Å²) in [5, 5.41) is 0.176. The average molecular weight is 282 g/mol. The second-order valence-electron chi connectivity index (χ2n) is 2.49. The van der Waals surface area contributed by atoms with Gasteiger partial charge in [-0.3, -0.25) is 0 Å². The van der Waals surface area contributed by atoms with Crippen molar-refractivity contribution in [2.45, 2.75) is 6.42 Å². The monoisotopic (exact) mass is 280 g/mol. The van der Waals surface area contributed by atoms with Gasteiger partial charge in [0.05, 0.1) is 11.1 Å². The number of hydrogen-bond acceptors (Lipinski definition) is 4. The Labute approximate surface area is 95.7 Å². The number of rotatable bonds is 5. The second kappa shape index (κ2) is 6.16. The van der Waals surface area contributed by atoms with E-state index < -0.39 is 0 Å². The van der Waals surface area contributed by atoms with Gasteiger partial charge in [0.2, 0.25) is 11.2 Å². The zero-order valence-corrected chi connectivity index (χ0v) is 10.0. The van der Waals surface area contributed by atoms with Crippen LogP contribution in [0, 0.1) is 0 Å². The van der Waals surface area contributed by atoms with E-state index in [1.165, 1.54) is 0 Å². The minimum Gasteiger partial charge on any atom is -0.477 e. The molecule has 1 heterocycles. The summed E-state index contributed by atoms with van der Waals surface area (Å²) in [6, 6.07) is 0. The maximum atomic E-state index is 5.61. The van der Waals surface area contributed by atoms with Crippen molar-refractivity contribution in [2.24, 2.45) is 0 Å². The van der Waals surface area contributed by atoms with E-state index in [-0.39, 0.29) is 5.28 Å². The molecule has 0 aliphatic rings. The number of ether oxygens (including phenoxy) is 2. The Morgan fingerprint density at radius 1 is 1.50 bits per heavy atom. The molecule has 0 N–H and O–H groups in total. The molecule has 0 unspecified atom stereocenters. The maximum absolute atomic E-state index is 5.61. The first-order valence-electron chi connectivity index (χ1n) is 4.04. The fourth-order valence-corrected chi connectivity index (χ4v) is 1.24. The summed E-state index contributed by atoms with van der Waals surface area (Å²) >= 11 is 8.87. The van der Waals surface area contributed by atoms with E-state index >= 15 is 0 Å². The van der Waals surface area contributed by atoms with Crippen LogP contribution in [0.25, 0.3) is 0 Å². The number of hydrogen-bond donors (Lipinski definition) is 0. The Kier molecular flexibility index (Phi) is 5.14. The molecule has 0 bridgehead atoms. The van der Waals surface area contributed by atoms with Crippen LogP contribution in [-0.2, 0) is 4.74 Å². The van der Waals surface area contributed by atoms with Crippen LogP contribution in [0.5, 0.6) is 5.88 Å². The molecule has 0 saturated carbocycles. The van der Waals surface area contributed by atoms with E-state index in [4.69, 9.17) is 21.1 Å². The van der Waals surface area contributed by atoms with Crippen LogP contribution >= 0.6 is 27.5 Å². The molecule has 0 fully saturated rings. The topological polar surface area (TPSA) is 44.2 Å². The highest BCUT2D eigenvalue weighted by atomic mass is 79.9. The van der Waals surface area contributed by atoms with E-state index in [2.05, 4.69) is 25.9 Å². The number of methoxy groups -OCH3 is 1. The highest BCUT2D eigenvalue weighted by Gasteiger charge is 2.04. The minimum absolute atomic E-state index is 0.176. The minimum atomic E-state index is 0.176. The lowest BCUT2D eigenvalue weighted by Gasteiger charge is -2.05. The van der Waals surface area contributed by atoms with Gasteiger partial charge in [0.1, 0.15) is 0 Å². The maximum Gasteiger partial charge on any atom is 0.232 e. The first-order chi connectivity index (χ1) is 6.74. The van der Waals surface area contributed by atoms with Crippen LogP contribution in [0.15, 0.2) is 10.7 Å². The molecule has 0 amide bonds. The molecule has 1 aromatic heterocycles. The zero-order chi connectivity index (χ0) is 10.4. The zero-order valence-electron chi connectivity index (χ0n) is 7.67. The van der Waals surface area contributed by atoms with E-state index in [1.807, 2.05) is 0 Å². The Morgan fingerprint density at radius 2 is 2.29 bits per heavy atom. The van der Waals surface area contributed by atoms with Gasteiger partial charge in [-0.05, 0) is 27.5 Å². The van der Waals surface area contributed by atoms with Crippen molar-refractivity contribution in [1.29, 1.82) is 0 Å². The Morgan fingerprint density at radius 3 is 3.00 bits per heavy atom. The van der Waals surface area contributed by atoms with Gasteiger partial charge in [-0.1, -0.05) is 0 Å². The van der Waals surface area contributed by atoms with Gasteiger partial charge in [0, 0.05) is 26.3 Å². The predicted octanol–water partition coefficient (Wildman–Crippen LogP) is 2.31. The van der Waals surface area contributed by atoms with Gasteiger partial charge in [-0.25, -0.2) is 4.98 Å². The van der Waals surface area contributed by atoms with Crippen LogP contribution in [0.4, 0.5) is 0 Å². The molecular weight excluding hydrogens is 271 g/mol. The third kappa shape index (κ3) is 3.77. The molecule has 78 valence electrons. The summed E-state index contributed by atoms with van der Waals surface area (Å²) in [4.78, 5) is 7.70. The molecule has 1 aromatic rings. The normalized spacial score (nSPS) is 10.2. The molecule has 4 nitrogen and oxygen atoms in total. The molecule has 0 aliphatic heterocycles. The van der Waals surface area contributed by atoms with E-state index in [0.717, 1.165) is 6.42 Å². The summed E-state index contributed by atoms with van der Waals surface area (Å²) < 4.78 is 10.9. The Bertz CT molecular complexity index is 299. The van der Waals surface area contributed by atoms with Crippen LogP contribution in [0.3, 0.4) is 0 Å². The molecule has 0 saturated heterocycles. The number of halogens is 2. The fraction of sp³-hybridized carbons (Fsp3) is 0.500. The van der Waals surface area contributed by atoms with E-state index in [0.29, 0.717) is 23.6 Å². The molecular formula is C8H10BrClN2O2. The van der Waals surface area contributed by atoms with Crippen LogP contribution in [0.2, 0.25) is 5.28 Å². The van der Waals surface area contributed by atoms with Gasteiger partial charge in [0.25, 0.3) is 0 Å². The quantitative estimate of drug-likeness (QED) is 0.614. The molecule has 6 heteroatoms. The van der Waals surface area contributed by atoms with Gasteiger partial charge < -0.3 is 9.47 Å². The average Bonchev–Trinajstić information content (AvgIpc) is 2.18. The first kappa shape index (κ1) is 11.7. The van der Waals surface area contributed by atoms with Crippen molar-refractivity contribution in [3.05, 3.63) is 16.0 Å². The summed E-state index contributed by atoms with van der Waals surface area (Å²) in [5.41, 5.74) is 0. The lowest BCUT2D eigenvalue weighted by atomic mass is 10.5. The summed E-state index contributed by atoms with van der Waals surface area (Å²) in [6.07, 6.45) is 2.37. The van der Waals surface area contributed by atoms with Crippen molar-refractivity contribution in [3.8, 4) is 5.88 Å². The molecule has 0 spiro atoms. The highest BCUT2D eigenvalue weighted by molar-refractivity contribution is 9.10. The second-order valence-corrected chi connectivity index (χ2v) is 3.68. The number of aromatic nitrogens is 2. The number of nitrogens with zero attached hydrogens (tertiary/aromatic N) is 2. The summed E-state index contributed by atoms with van der Waals surface area (Å²) in [6.45, 7) is 1.20. The van der Waals surface area contributed by atoms with Crippen molar-refractivity contribution in [2.75, 3.05) is 20.3 Å². The Hall–Kier alpha value is -0.390. The molecule has 0 radical (unpaired) electrons. The predicted molar refractivity (Wildman–Crippen MR) is 56.7 cm³/mol. The first-order valence-corrected chi connectivity index (χ1v) is 5.21. The standard InChI is InChI=1S/C8H10BrClN2O2/c1-13-3-2-4-14-7-6(9)5-11-8(10)12-7/h5H,2-4H2,1H3. The van der Waals surface area contributed by atoms with Gasteiger partial charge in [-0.15, -0.1) is 0 Å². The SMILES string of the molecule is COCCCOc1nc(Cl)ncc1Br. The van der Waals surface area contributed by atoms with Gasteiger partial charge >= 0.3 is 0 Å². The lowest BCUT2D eigenvalue weighted by molar-refractivity contribution is 0.170. The van der Waals surface area contributed by atoms with Crippen molar-refractivity contribution in [3.63, 3.8) is 0 Å². The smallest absolute Gasteiger partial charge is 0.232 e. The lowest BCUT2D eigenvalue weighted by Crippen LogP contribution is -2.03. The van der Waals surface area contributed by atoms with Crippen molar-refractivity contribution in [1.82, 2.24) is 9.97 Å². The molecule has 0 aromatic carbocycles. The summed E-state index contributed by atoms with van der Waals surface area (Å²) in [5.74, 6) is 0.459. The Balaban J connectivity index is 2.45. The van der Waals surface area contributed by atoms with Gasteiger partial charge in [0.15, 0.2) is 0 Å². The highest BCUT2D eigenvalue weighted by Crippen LogP contribution is 2.22. The third-order valence-electron chi connectivity index (χ3n) is 1.41.